The van der Waals surface area contributed by atoms with Crippen molar-refractivity contribution in [2.75, 3.05) is 5.88 Å². The molecule has 0 aliphatic carbocycles. The van der Waals surface area contributed by atoms with Crippen molar-refractivity contribution in [2.24, 2.45) is 0 Å². The second-order valence-corrected chi connectivity index (χ2v) is 5.30. The third-order valence-electron chi connectivity index (χ3n) is 2.11. The lowest BCUT2D eigenvalue weighted by atomic mass is 10.2. The van der Waals surface area contributed by atoms with E-state index in [1.807, 2.05) is 18.4 Å². The monoisotopic (exact) mass is 309 g/mol. The summed E-state index contributed by atoms with van der Waals surface area (Å²) in [6.07, 6.45) is 1.72. The number of amides is 1. The van der Waals surface area contributed by atoms with E-state index in [1.54, 1.807) is 0 Å². The molecule has 1 atom stereocenters. The summed E-state index contributed by atoms with van der Waals surface area (Å²) in [7, 11) is 0. The lowest BCUT2D eigenvalue weighted by Gasteiger charge is -2.14. The molecule has 0 saturated carbocycles. The standard InChI is InChI=1S/C10H13BrClNOS/c1-2-7(3-5-12)13-10(14)9-8(11)4-6-15-9/h4,6-7H,2-3,5H2,1H3,(H,13,14). The second-order valence-electron chi connectivity index (χ2n) is 3.15. The van der Waals surface area contributed by atoms with Gasteiger partial charge in [0.25, 0.3) is 5.91 Å². The molecule has 1 aromatic rings. The topological polar surface area (TPSA) is 29.1 Å². The summed E-state index contributed by atoms with van der Waals surface area (Å²) >= 11 is 10.4. The van der Waals surface area contributed by atoms with Crippen LogP contribution in [0.3, 0.4) is 0 Å². The predicted molar refractivity (Wildman–Crippen MR) is 68.9 cm³/mol. The first-order chi connectivity index (χ1) is 7.19. The van der Waals surface area contributed by atoms with Gasteiger partial charge in [-0.05, 0) is 40.2 Å². The minimum Gasteiger partial charge on any atom is -0.349 e. The molecule has 1 amide bonds. The summed E-state index contributed by atoms with van der Waals surface area (Å²) in [5, 5.41) is 4.86. The summed E-state index contributed by atoms with van der Waals surface area (Å²) in [6.45, 7) is 2.04. The molecule has 15 heavy (non-hydrogen) atoms. The van der Waals surface area contributed by atoms with Crippen LogP contribution >= 0.6 is 38.9 Å². The van der Waals surface area contributed by atoms with Gasteiger partial charge < -0.3 is 5.32 Å². The summed E-state index contributed by atoms with van der Waals surface area (Å²) in [4.78, 5) is 12.5. The maximum Gasteiger partial charge on any atom is 0.262 e. The molecule has 0 aromatic carbocycles. The highest BCUT2D eigenvalue weighted by Gasteiger charge is 2.15. The first kappa shape index (κ1) is 13.0. The number of carbonyl (C=O) groups is 1. The zero-order valence-electron chi connectivity index (χ0n) is 8.43. The predicted octanol–water partition coefficient (Wildman–Crippen LogP) is 3.65. The maximum atomic E-state index is 11.8. The van der Waals surface area contributed by atoms with E-state index in [0.717, 1.165) is 22.2 Å². The molecule has 2 nitrogen and oxygen atoms in total. The Morgan fingerprint density at radius 1 is 1.73 bits per heavy atom. The van der Waals surface area contributed by atoms with Crippen LogP contribution in [0.2, 0.25) is 0 Å². The van der Waals surface area contributed by atoms with E-state index in [1.165, 1.54) is 11.3 Å². The van der Waals surface area contributed by atoms with Gasteiger partial charge in [0.1, 0.15) is 4.88 Å². The Balaban J connectivity index is 2.58. The highest BCUT2D eigenvalue weighted by atomic mass is 79.9. The van der Waals surface area contributed by atoms with E-state index in [0.29, 0.717) is 5.88 Å². The second kappa shape index (κ2) is 6.51. The van der Waals surface area contributed by atoms with Crippen LogP contribution in [0.1, 0.15) is 29.4 Å². The van der Waals surface area contributed by atoms with Crippen LogP contribution in [0, 0.1) is 0 Å². The first-order valence-electron chi connectivity index (χ1n) is 4.78. The molecule has 0 aliphatic heterocycles. The van der Waals surface area contributed by atoms with Crippen LogP contribution in [-0.4, -0.2) is 17.8 Å². The molecule has 1 heterocycles. The van der Waals surface area contributed by atoms with Crippen LogP contribution in [0.5, 0.6) is 0 Å². The number of hydrogen-bond donors (Lipinski definition) is 1. The van der Waals surface area contributed by atoms with E-state index >= 15 is 0 Å². The summed E-state index contributed by atoms with van der Waals surface area (Å²) in [5.74, 6) is 0.554. The molecule has 0 fully saturated rings. The lowest BCUT2D eigenvalue weighted by Crippen LogP contribution is -2.34. The molecule has 1 rings (SSSR count). The van der Waals surface area contributed by atoms with Crippen molar-refractivity contribution in [3.05, 3.63) is 20.8 Å². The number of hydrogen-bond acceptors (Lipinski definition) is 2. The molecule has 0 radical (unpaired) electrons. The van der Waals surface area contributed by atoms with E-state index in [-0.39, 0.29) is 11.9 Å². The fourth-order valence-corrected chi connectivity index (χ4v) is 2.93. The molecule has 0 bridgehead atoms. The van der Waals surface area contributed by atoms with Crippen LogP contribution < -0.4 is 5.32 Å². The molecular weight excluding hydrogens is 298 g/mol. The summed E-state index contributed by atoms with van der Waals surface area (Å²) < 4.78 is 0.853. The van der Waals surface area contributed by atoms with Crippen LogP contribution in [0.15, 0.2) is 15.9 Å². The van der Waals surface area contributed by atoms with Gasteiger partial charge in [-0.1, -0.05) is 6.92 Å². The van der Waals surface area contributed by atoms with Crippen LogP contribution in [0.4, 0.5) is 0 Å². The van der Waals surface area contributed by atoms with Gasteiger partial charge in [-0.3, -0.25) is 4.79 Å². The molecular formula is C10H13BrClNOS. The third-order valence-corrected chi connectivity index (χ3v) is 4.16. The molecule has 1 unspecified atom stereocenters. The molecule has 1 aromatic heterocycles. The fraction of sp³-hybridized carbons (Fsp3) is 0.500. The quantitative estimate of drug-likeness (QED) is 0.826. The van der Waals surface area contributed by atoms with Gasteiger partial charge in [0.15, 0.2) is 0 Å². The molecule has 0 saturated heterocycles. The highest BCUT2D eigenvalue weighted by Crippen LogP contribution is 2.22. The van der Waals surface area contributed by atoms with Gasteiger partial charge in [-0.15, -0.1) is 22.9 Å². The minimum absolute atomic E-state index is 0.0196. The largest absolute Gasteiger partial charge is 0.349 e. The molecule has 0 aliphatic rings. The lowest BCUT2D eigenvalue weighted by molar-refractivity contribution is 0.0938. The third kappa shape index (κ3) is 3.78. The maximum absolute atomic E-state index is 11.8. The average Bonchev–Trinajstić information content (AvgIpc) is 2.63. The normalized spacial score (nSPS) is 12.5. The number of rotatable bonds is 5. The minimum atomic E-state index is -0.0196. The number of carbonyl (C=O) groups excluding carboxylic acids is 1. The van der Waals surface area contributed by atoms with Crippen molar-refractivity contribution in [3.63, 3.8) is 0 Å². The molecule has 1 N–H and O–H groups in total. The summed E-state index contributed by atoms with van der Waals surface area (Å²) in [6, 6.07) is 2.05. The number of alkyl halides is 1. The number of halogens is 2. The number of thiophene rings is 1. The first-order valence-corrected chi connectivity index (χ1v) is 6.99. The Bertz CT molecular complexity index is 329. The Kier molecular flexibility index (Phi) is 5.64. The van der Waals surface area contributed by atoms with Gasteiger partial charge in [0, 0.05) is 16.4 Å². The van der Waals surface area contributed by atoms with E-state index < -0.39 is 0 Å². The highest BCUT2D eigenvalue weighted by molar-refractivity contribution is 9.10. The molecule has 84 valence electrons. The zero-order chi connectivity index (χ0) is 11.3. The Hall–Kier alpha value is -0.0600. The Morgan fingerprint density at radius 3 is 2.93 bits per heavy atom. The van der Waals surface area contributed by atoms with Gasteiger partial charge in [0.2, 0.25) is 0 Å². The molecule has 0 spiro atoms. The van der Waals surface area contributed by atoms with Crippen molar-refractivity contribution in [2.45, 2.75) is 25.8 Å². The number of nitrogens with one attached hydrogen (secondary N) is 1. The van der Waals surface area contributed by atoms with Crippen molar-refractivity contribution < 1.29 is 4.79 Å². The van der Waals surface area contributed by atoms with Crippen LogP contribution in [-0.2, 0) is 0 Å². The Morgan fingerprint density at radius 2 is 2.47 bits per heavy atom. The van der Waals surface area contributed by atoms with E-state index in [9.17, 15) is 4.79 Å². The van der Waals surface area contributed by atoms with E-state index in [2.05, 4.69) is 21.2 Å². The van der Waals surface area contributed by atoms with Gasteiger partial charge in [-0.25, -0.2) is 0 Å². The van der Waals surface area contributed by atoms with Gasteiger partial charge in [-0.2, -0.15) is 0 Å². The Labute approximate surface area is 107 Å². The van der Waals surface area contributed by atoms with E-state index in [4.69, 9.17) is 11.6 Å². The fourth-order valence-electron chi connectivity index (χ4n) is 1.22. The summed E-state index contributed by atoms with van der Waals surface area (Å²) in [5.41, 5.74) is 0. The SMILES string of the molecule is CCC(CCCl)NC(=O)c1sccc1Br. The van der Waals surface area contributed by atoms with Gasteiger partial charge >= 0.3 is 0 Å². The van der Waals surface area contributed by atoms with Crippen molar-refractivity contribution in [1.82, 2.24) is 5.32 Å². The average molecular weight is 311 g/mol. The smallest absolute Gasteiger partial charge is 0.262 e. The van der Waals surface area contributed by atoms with Crippen molar-refractivity contribution in [3.8, 4) is 0 Å². The van der Waals surface area contributed by atoms with Crippen molar-refractivity contribution in [1.29, 1.82) is 0 Å². The molecule has 5 heteroatoms. The van der Waals surface area contributed by atoms with Crippen LogP contribution in [0.25, 0.3) is 0 Å². The zero-order valence-corrected chi connectivity index (χ0v) is 11.6. The van der Waals surface area contributed by atoms with Crippen molar-refractivity contribution >= 4 is 44.8 Å². The van der Waals surface area contributed by atoms with Gasteiger partial charge in [0.05, 0.1) is 0 Å².